The van der Waals surface area contributed by atoms with Gasteiger partial charge in [0.2, 0.25) is 0 Å². The largest absolute Gasteiger partial charge is 0.392 e. The molecule has 0 aromatic rings. The van der Waals surface area contributed by atoms with E-state index < -0.39 is 0 Å². The third-order valence-electron chi connectivity index (χ3n) is 2.96. The van der Waals surface area contributed by atoms with Crippen LogP contribution in [0.4, 0.5) is 0 Å². The summed E-state index contributed by atoms with van der Waals surface area (Å²) in [7, 11) is 0. The van der Waals surface area contributed by atoms with Crippen LogP contribution in [0.25, 0.3) is 0 Å². The van der Waals surface area contributed by atoms with Gasteiger partial charge in [-0.25, -0.2) is 0 Å². The lowest BCUT2D eigenvalue weighted by molar-refractivity contribution is 0.343. The van der Waals surface area contributed by atoms with Crippen molar-refractivity contribution < 1.29 is 5.11 Å². The van der Waals surface area contributed by atoms with E-state index in [1.165, 1.54) is 64.2 Å². The SMILES string of the molecule is CCCCCCCCCCCC=CC=CCO. The molecule has 0 unspecified atom stereocenters. The lowest BCUT2D eigenvalue weighted by Gasteiger charge is -2.00. The van der Waals surface area contributed by atoms with E-state index in [2.05, 4.69) is 13.0 Å². The first-order valence-corrected chi connectivity index (χ1v) is 7.34. The predicted octanol–water partition coefficient (Wildman–Crippen LogP) is 5.01. The molecular formula is C16H30O. The second-order valence-electron chi connectivity index (χ2n) is 4.66. The Balaban J connectivity index is 3.03. The second-order valence-corrected chi connectivity index (χ2v) is 4.66. The lowest BCUT2D eigenvalue weighted by atomic mass is 10.1. The van der Waals surface area contributed by atoms with Gasteiger partial charge in [0.15, 0.2) is 0 Å². The molecule has 0 saturated carbocycles. The van der Waals surface area contributed by atoms with Crippen LogP contribution in [0.3, 0.4) is 0 Å². The summed E-state index contributed by atoms with van der Waals surface area (Å²) in [5.74, 6) is 0. The van der Waals surface area contributed by atoms with Crippen LogP contribution in [-0.4, -0.2) is 11.7 Å². The highest BCUT2D eigenvalue weighted by Crippen LogP contribution is 2.10. The van der Waals surface area contributed by atoms with Crippen molar-refractivity contribution in [1.82, 2.24) is 0 Å². The van der Waals surface area contributed by atoms with E-state index in [-0.39, 0.29) is 6.61 Å². The van der Waals surface area contributed by atoms with Crippen molar-refractivity contribution in [1.29, 1.82) is 0 Å². The molecule has 0 bridgehead atoms. The van der Waals surface area contributed by atoms with Gasteiger partial charge >= 0.3 is 0 Å². The molecule has 1 nitrogen and oxygen atoms in total. The molecule has 0 aliphatic heterocycles. The first-order chi connectivity index (χ1) is 8.41. The Hall–Kier alpha value is -0.560. The highest BCUT2D eigenvalue weighted by atomic mass is 16.2. The Morgan fingerprint density at radius 3 is 1.82 bits per heavy atom. The standard InChI is InChI=1S/C16H30O/c1-2-3-4-5-6-7-8-9-10-11-12-13-14-15-16-17/h12-15,17H,2-11,16H2,1H3. The highest BCUT2D eigenvalue weighted by Gasteiger charge is 1.90. The van der Waals surface area contributed by atoms with Gasteiger partial charge in [-0.05, 0) is 12.8 Å². The molecule has 0 radical (unpaired) electrons. The normalized spacial score (nSPS) is 11.9. The second kappa shape index (κ2) is 15.4. The molecule has 0 fully saturated rings. The summed E-state index contributed by atoms with van der Waals surface area (Å²) in [5, 5.41) is 8.52. The number of rotatable bonds is 12. The van der Waals surface area contributed by atoms with Gasteiger partial charge in [-0.1, -0.05) is 82.6 Å². The molecule has 1 N–H and O–H groups in total. The topological polar surface area (TPSA) is 20.2 Å². The van der Waals surface area contributed by atoms with E-state index >= 15 is 0 Å². The van der Waals surface area contributed by atoms with Gasteiger partial charge in [-0.3, -0.25) is 0 Å². The molecule has 0 rings (SSSR count). The number of aliphatic hydroxyl groups is 1. The number of hydrogen-bond acceptors (Lipinski definition) is 1. The Bertz CT molecular complexity index is 182. The molecule has 17 heavy (non-hydrogen) atoms. The number of allylic oxidation sites excluding steroid dienone is 3. The maximum atomic E-state index is 8.52. The van der Waals surface area contributed by atoms with Gasteiger partial charge in [-0.15, -0.1) is 0 Å². The average molecular weight is 238 g/mol. The van der Waals surface area contributed by atoms with Crippen LogP contribution >= 0.6 is 0 Å². The minimum atomic E-state index is 0.141. The smallest absolute Gasteiger partial charge is 0.0615 e. The molecule has 0 aromatic heterocycles. The molecule has 0 atom stereocenters. The van der Waals surface area contributed by atoms with Crippen molar-refractivity contribution in [3.8, 4) is 0 Å². The summed E-state index contributed by atoms with van der Waals surface area (Å²) in [6.45, 7) is 2.41. The minimum absolute atomic E-state index is 0.141. The first-order valence-electron chi connectivity index (χ1n) is 7.34. The monoisotopic (exact) mass is 238 g/mol. The van der Waals surface area contributed by atoms with E-state index in [9.17, 15) is 0 Å². The number of hydrogen-bond donors (Lipinski definition) is 1. The van der Waals surface area contributed by atoms with Crippen LogP contribution < -0.4 is 0 Å². The molecule has 0 aliphatic rings. The Morgan fingerprint density at radius 1 is 0.706 bits per heavy atom. The van der Waals surface area contributed by atoms with Gasteiger partial charge in [0.25, 0.3) is 0 Å². The fourth-order valence-corrected chi connectivity index (χ4v) is 1.89. The maximum absolute atomic E-state index is 8.52. The van der Waals surface area contributed by atoms with Crippen molar-refractivity contribution in [3.05, 3.63) is 24.3 Å². The van der Waals surface area contributed by atoms with Gasteiger partial charge in [0.1, 0.15) is 0 Å². The van der Waals surface area contributed by atoms with Crippen molar-refractivity contribution >= 4 is 0 Å². The van der Waals surface area contributed by atoms with Crippen LogP contribution in [0, 0.1) is 0 Å². The van der Waals surface area contributed by atoms with Crippen LogP contribution in [0.2, 0.25) is 0 Å². The zero-order valence-electron chi connectivity index (χ0n) is 11.5. The summed E-state index contributed by atoms with van der Waals surface area (Å²) in [4.78, 5) is 0. The van der Waals surface area contributed by atoms with E-state index in [0.717, 1.165) is 0 Å². The van der Waals surface area contributed by atoms with E-state index in [4.69, 9.17) is 5.11 Å². The average Bonchev–Trinajstić information content (AvgIpc) is 2.35. The zero-order chi connectivity index (χ0) is 12.6. The van der Waals surface area contributed by atoms with Crippen molar-refractivity contribution in [2.45, 2.75) is 71.1 Å². The van der Waals surface area contributed by atoms with Gasteiger partial charge < -0.3 is 5.11 Å². The van der Waals surface area contributed by atoms with Gasteiger partial charge in [0, 0.05) is 0 Å². The molecule has 100 valence electrons. The molecule has 1 heteroatoms. The summed E-state index contributed by atoms with van der Waals surface area (Å²) in [6.07, 6.45) is 21.6. The Labute approximate surface area is 108 Å². The van der Waals surface area contributed by atoms with Crippen LogP contribution in [-0.2, 0) is 0 Å². The first kappa shape index (κ1) is 16.4. The minimum Gasteiger partial charge on any atom is -0.392 e. The van der Waals surface area contributed by atoms with Gasteiger partial charge in [0.05, 0.1) is 6.61 Å². The molecule has 0 heterocycles. The third kappa shape index (κ3) is 15.4. The molecule has 0 saturated heterocycles. The van der Waals surface area contributed by atoms with E-state index in [1.54, 1.807) is 6.08 Å². The summed E-state index contributed by atoms with van der Waals surface area (Å²) < 4.78 is 0. The molecule has 0 aliphatic carbocycles. The number of unbranched alkanes of at least 4 members (excludes halogenated alkanes) is 9. The summed E-state index contributed by atoms with van der Waals surface area (Å²) >= 11 is 0. The molecule has 0 spiro atoms. The Kier molecular flexibility index (Phi) is 14.9. The quantitative estimate of drug-likeness (QED) is 0.374. The third-order valence-corrected chi connectivity index (χ3v) is 2.96. The summed E-state index contributed by atoms with van der Waals surface area (Å²) in [5.41, 5.74) is 0. The Morgan fingerprint density at radius 2 is 1.24 bits per heavy atom. The highest BCUT2D eigenvalue weighted by molar-refractivity contribution is 5.02. The summed E-state index contributed by atoms with van der Waals surface area (Å²) in [6, 6.07) is 0. The van der Waals surface area contributed by atoms with Crippen molar-refractivity contribution in [2.75, 3.05) is 6.61 Å². The van der Waals surface area contributed by atoms with Crippen molar-refractivity contribution in [2.24, 2.45) is 0 Å². The van der Waals surface area contributed by atoms with Gasteiger partial charge in [-0.2, -0.15) is 0 Å². The fraction of sp³-hybridized carbons (Fsp3) is 0.750. The molecule has 0 amide bonds. The molecular weight excluding hydrogens is 208 g/mol. The molecule has 0 aromatic carbocycles. The van der Waals surface area contributed by atoms with Crippen LogP contribution in [0.1, 0.15) is 71.1 Å². The number of aliphatic hydroxyl groups excluding tert-OH is 1. The maximum Gasteiger partial charge on any atom is 0.0615 e. The zero-order valence-corrected chi connectivity index (χ0v) is 11.5. The lowest BCUT2D eigenvalue weighted by Crippen LogP contribution is -1.80. The van der Waals surface area contributed by atoms with Crippen LogP contribution in [0.15, 0.2) is 24.3 Å². The van der Waals surface area contributed by atoms with E-state index in [0.29, 0.717) is 0 Å². The van der Waals surface area contributed by atoms with Crippen LogP contribution in [0.5, 0.6) is 0 Å². The van der Waals surface area contributed by atoms with Crippen molar-refractivity contribution in [3.63, 3.8) is 0 Å². The fourth-order valence-electron chi connectivity index (χ4n) is 1.89. The van der Waals surface area contributed by atoms with E-state index in [1.807, 2.05) is 12.2 Å². The predicted molar refractivity (Wildman–Crippen MR) is 77.2 cm³/mol.